The quantitative estimate of drug-likeness (QED) is 0.717. The van der Waals surface area contributed by atoms with E-state index in [1.807, 2.05) is 31.2 Å². The van der Waals surface area contributed by atoms with Gasteiger partial charge in [0.25, 0.3) is 0 Å². The first-order valence-electron chi connectivity index (χ1n) is 7.35. The van der Waals surface area contributed by atoms with Crippen molar-refractivity contribution in [2.75, 3.05) is 32.8 Å². The van der Waals surface area contributed by atoms with Gasteiger partial charge in [0.05, 0.1) is 6.61 Å². The van der Waals surface area contributed by atoms with Crippen molar-refractivity contribution in [1.82, 2.24) is 4.90 Å². The Morgan fingerprint density at radius 1 is 1.15 bits per heavy atom. The number of aldehydes is 1. The summed E-state index contributed by atoms with van der Waals surface area (Å²) in [5.74, 6) is 2.00. The molecule has 0 radical (unpaired) electrons. The fraction of sp³-hybridized carbons (Fsp3) is 0.562. The smallest absolute Gasteiger partial charge is 0.123 e. The first-order chi connectivity index (χ1) is 9.81. The lowest BCUT2D eigenvalue weighted by molar-refractivity contribution is -0.112. The normalized spacial score (nSPS) is 16.9. The second-order valence-corrected chi connectivity index (χ2v) is 5.07. The molecule has 2 rings (SSSR count). The third-order valence-corrected chi connectivity index (χ3v) is 3.64. The minimum absolute atomic E-state index is 0.262. The molecule has 20 heavy (non-hydrogen) atoms. The molecule has 0 spiro atoms. The second-order valence-electron chi connectivity index (χ2n) is 5.07. The van der Waals surface area contributed by atoms with Crippen LogP contribution in [0.2, 0.25) is 0 Å². The molecular formula is C16H23NO3. The molecule has 0 atom stereocenters. The lowest BCUT2D eigenvalue weighted by atomic mass is 9.99. The Morgan fingerprint density at radius 2 is 1.75 bits per heavy atom. The lowest BCUT2D eigenvalue weighted by Crippen LogP contribution is -2.36. The number of likely N-dealkylation sites (tertiary alicyclic amines) is 1. The highest BCUT2D eigenvalue weighted by Gasteiger charge is 2.17. The first kappa shape index (κ1) is 14.9. The van der Waals surface area contributed by atoms with Gasteiger partial charge in [-0.05, 0) is 57.1 Å². The molecule has 1 aliphatic heterocycles. The third kappa shape index (κ3) is 4.53. The van der Waals surface area contributed by atoms with E-state index < -0.39 is 0 Å². The largest absolute Gasteiger partial charge is 0.494 e. The van der Waals surface area contributed by atoms with Crippen LogP contribution in [0.25, 0.3) is 0 Å². The summed E-state index contributed by atoms with van der Waals surface area (Å²) in [5, 5.41) is 0. The maximum absolute atomic E-state index is 10.7. The molecule has 0 bridgehead atoms. The van der Waals surface area contributed by atoms with Gasteiger partial charge in [0.1, 0.15) is 24.4 Å². The molecule has 4 nitrogen and oxygen atoms in total. The third-order valence-electron chi connectivity index (χ3n) is 3.64. The van der Waals surface area contributed by atoms with Crippen LogP contribution in [-0.4, -0.2) is 44.0 Å². The van der Waals surface area contributed by atoms with Crippen molar-refractivity contribution >= 4 is 6.29 Å². The molecule has 0 saturated carbocycles. The minimum atomic E-state index is 0.262. The fourth-order valence-corrected chi connectivity index (χ4v) is 2.40. The number of hydrogen-bond donors (Lipinski definition) is 0. The zero-order valence-electron chi connectivity index (χ0n) is 12.1. The number of ether oxygens (including phenoxy) is 2. The van der Waals surface area contributed by atoms with E-state index in [1.54, 1.807) is 0 Å². The Hall–Kier alpha value is -1.55. The molecule has 0 N–H and O–H groups in total. The van der Waals surface area contributed by atoms with Crippen molar-refractivity contribution in [3.63, 3.8) is 0 Å². The van der Waals surface area contributed by atoms with Gasteiger partial charge in [-0.25, -0.2) is 0 Å². The van der Waals surface area contributed by atoms with Crippen LogP contribution in [0.4, 0.5) is 0 Å². The van der Waals surface area contributed by atoms with Gasteiger partial charge >= 0.3 is 0 Å². The fourth-order valence-electron chi connectivity index (χ4n) is 2.40. The number of carbonyl (C=O) groups is 1. The van der Waals surface area contributed by atoms with E-state index in [-0.39, 0.29) is 5.92 Å². The predicted molar refractivity (Wildman–Crippen MR) is 78.3 cm³/mol. The second kappa shape index (κ2) is 7.90. The summed E-state index contributed by atoms with van der Waals surface area (Å²) in [6, 6.07) is 7.72. The molecule has 1 fully saturated rings. The Bertz CT molecular complexity index is 397. The van der Waals surface area contributed by atoms with Gasteiger partial charge in [0.2, 0.25) is 0 Å². The first-order valence-corrected chi connectivity index (χ1v) is 7.35. The Kier molecular flexibility index (Phi) is 5.87. The van der Waals surface area contributed by atoms with E-state index in [2.05, 4.69) is 4.90 Å². The number of hydrogen-bond acceptors (Lipinski definition) is 4. The zero-order chi connectivity index (χ0) is 14.2. The molecule has 1 aromatic carbocycles. The number of carbonyl (C=O) groups excluding carboxylic acids is 1. The van der Waals surface area contributed by atoms with Crippen LogP contribution in [0.3, 0.4) is 0 Å². The zero-order valence-corrected chi connectivity index (χ0v) is 12.1. The number of piperidine rings is 1. The maximum atomic E-state index is 10.7. The average Bonchev–Trinajstić information content (AvgIpc) is 2.50. The summed E-state index contributed by atoms with van der Waals surface area (Å²) in [5.41, 5.74) is 0. The van der Waals surface area contributed by atoms with E-state index in [0.717, 1.165) is 50.3 Å². The average molecular weight is 277 g/mol. The summed E-state index contributed by atoms with van der Waals surface area (Å²) >= 11 is 0. The molecular weight excluding hydrogens is 254 g/mol. The van der Waals surface area contributed by atoms with Gasteiger partial charge in [0, 0.05) is 12.5 Å². The number of nitrogens with zero attached hydrogens (tertiary/aromatic N) is 1. The predicted octanol–water partition coefficient (Wildman–Crippen LogP) is 2.38. The minimum Gasteiger partial charge on any atom is -0.494 e. The summed E-state index contributed by atoms with van der Waals surface area (Å²) in [4.78, 5) is 13.0. The van der Waals surface area contributed by atoms with E-state index in [4.69, 9.17) is 9.47 Å². The van der Waals surface area contributed by atoms with Crippen molar-refractivity contribution in [3.05, 3.63) is 24.3 Å². The molecule has 1 heterocycles. The summed E-state index contributed by atoms with van der Waals surface area (Å²) < 4.78 is 11.1. The van der Waals surface area contributed by atoms with E-state index in [1.165, 1.54) is 0 Å². The SMILES string of the molecule is CCOc1ccc(OCCN2CCC(C=O)CC2)cc1. The monoisotopic (exact) mass is 277 g/mol. The summed E-state index contributed by atoms with van der Waals surface area (Å²) in [7, 11) is 0. The van der Waals surface area contributed by atoms with Crippen LogP contribution < -0.4 is 9.47 Å². The van der Waals surface area contributed by atoms with E-state index in [9.17, 15) is 4.79 Å². The van der Waals surface area contributed by atoms with Crippen LogP contribution in [-0.2, 0) is 4.79 Å². The number of rotatable bonds is 7. The summed E-state index contributed by atoms with van der Waals surface area (Å²) in [6.07, 6.45) is 3.05. The molecule has 0 amide bonds. The highest BCUT2D eigenvalue weighted by molar-refractivity contribution is 5.53. The van der Waals surface area contributed by atoms with Gasteiger partial charge in [-0.2, -0.15) is 0 Å². The highest BCUT2D eigenvalue weighted by Crippen LogP contribution is 2.18. The Balaban J connectivity index is 1.66. The lowest BCUT2D eigenvalue weighted by Gasteiger charge is -2.29. The molecule has 1 aromatic rings. The van der Waals surface area contributed by atoms with Crippen molar-refractivity contribution in [1.29, 1.82) is 0 Å². The van der Waals surface area contributed by atoms with Crippen LogP contribution >= 0.6 is 0 Å². The van der Waals surface area contributed by atoms with Crippen LogP contribution in [0.15, 0.2) is 24.3 Å². The molecule has 4 heteroatoms. The van der Waals surface area contributed by atoms with Gasteiger partial charge in [0.15, 0.2) is 0 Å². The molecule has 110 valence electrons. The van der Waals surface area contributed by atoms with Crippen LogP contribution in [0, 0.1) is 5.92 Å². The summed E-state index contributed by atoms with van der Waals surface area (Å²) in [6.45, 7) is 6.24. The van der Waals surface area contributed by atoms with E-state index >= 15 is 0 Å². The number of benzene rings is 1. The van der Waals surface area contributed by atoms with Crippen molar-refractivity contribution in [3.8, 4) is 11.5 Å². The molecule has 0 aromatic heterocycles. The van der Waals surface area contributed by atoms with Gasteiger partial charge < -0.3 is 14.3 Å². The van der Waals surface area contributed by atoms with E-state index in [0.29, 0.717) is 13.2 Å². The van der Waals surface area contributed by atoms with Gasteiger partial charge in [-0.15, -0.1) is 0 Å². The van der Waals surface area contributed by atoms with Gasteiger partial charge in [-0.3, -0.25) is 4.90 Å². The standard InChI is InChI=1S/C16H23NO3/c1-2-19-15-3-5-16(6-4-15)20-12-11-17-9-7-14(13-18)8-10-17/h3-6,13-14H,2,7-12H2,1H3. The van der Waals surface area contributed by atoms with Crippen molar-refractivity contribution in [2.24, 2.45) is 5.92 Å². The van der Waals surface area contributed by atoms with Crippen molar-refractivity contribution in [2.45, 2.75) is 19.8 Å². The molecule has 1 saturated heterocycles. The van der Waals surface area contributed by atoms with Crippen LogP contribution in [0.1, 0.15) is 19.8 Å². The Labute approximate surface area is 120 Å². The molecule has 0 aliphatic carbocycles. The van der Waals surface area contributed by atoms with Crippen molar-refractivity contribution < 1.29 is 14.3 Å². The van der Waals surface area contributed by atoms with Crippen LogP contribution in [0.5, 0.6) is 11.5 Å². The highest BCUT2D eigenvalue weighted by atomic mass is 16.5. The Morgan fingerprint density at radius 3 is 2.30 bits per heavy atom. The topological polar surface area (TPSA) is 38.8 Å². The molecule has 1 aliphatic rings. The van der Waals surface area contributed by atoms with Gasteiger partial charge in [-0.1, -0.05) is 0 Å². The molecule has 0 unspecified atom stereocenters. The maximum Gasteiger partial charge on any atom is 0.123 e.